The van der Waals surface area contributed by atoms with Gasteiger partial charge in [0.15, 0.2) is 0 Å². The van der Waals surface area contributed by atoms with E-state index in [1.807, 2.05) is 24.3 Å². The molecular weight excluding hydrogens is 445 g/mol. The summed E-state index contributed by atoms with van der Waals surface area (Å²) in [5.41, 5.74) is 1.42. The lowest BCUT2D eigenvalue weighted by Gasteiger charge is -2.35. The van der Waals surface area contributed by atoms with Gasteiger partial charge in [-0.3, -0.25) is 4.79 Å². The van der Waals surface area contributed by atoms with Crippen molar-refractivity contribution in [1.29, 1.82) is 0 Å². The first-order valence-corrected chi connectivity index (χ1v) is 12.2. The van der Waals surface area contributed by atoms with Gasteiger partial charge in [-0.15, -0.1) is 0 Å². The number of para-hydroxylation sites is 1. The summed E-state index contributed by atoms with van der Waals surface area (Å²) in [4.78, 5) is 16.9. The maximum absolute atomic E-state index is 13.1. The lowest BCUT2D eigenvalue weighted by Crippen LogP contribution is -2.45. The smallest absolute Gasteiger partial charge is 0.256 e. The average molecular weight is 472 g/mol. The first-order chi connectivity index (χ1) is 15.8. The quantitative estimate of drug-likeness (QED) is 0.569. The molecule has 2 heterocycles. The highest BCUT2D eigenvalue weighted by Gasteiger charge is 2.27. The molecule has 1 amide bonds. The van der Waals surface area contributed by atoms with Crippen LogP contribution in [0.4, 0.5) is 10.1 Å². The molecule has 1 aliphatic rings. The first kappa shape index (κ1) is 23.0. The van der Waals surface area contributed by atoms with Crippen molar-refractivity contribution >= 4 is 21.6 Å². The number of sulfonamides is 1. The summed E-state index contributed by atoms with van der Waals surface area (Å²) in [7, 11) is -1.99. The Morgan fingerprint density at radius 1 is 1.09 bits per heavy atom. The van der Waals surface area contributed by atoms with Gasteiger partial charge in [0.05, 0.1) is 23.3 Å². The highest BCUT2D eigenvalue weighted by atomic mass is 32.2. The van der Waals surface area contributed by atoms with Crippen LogP contribution in [0.25, 0.3) is 0 Å². The fourth-order valence-electron chi connectivity index (χ4n) is 3.98. The monoisotopic (exact) mass is 471 g/mol. The van der Waals surface area contributed by atoms with E-state index in [9.17, 15) is 17.6 Å². The fraction of sp³-hybridized carbons (Fsp3) is 0.292. The SMILES string of the molecule is CN(Cc1ccco1)C(=O)c1ccccc1N1CCC(NS(=O)(=O)c2ccc(F)cc2)CC1. The first-order valence-electron chi connectivity index (χ1n) is 10.7. The molecule has 1 N–H and O–H groups in total. The van der Waals surface area contributed by atoms with E-state index in [1.165, 1.54) is 12.1 Å². The molecule has 4 rings (SSSR count). The summed E-state index contributed by atoms with van der Waals surface area (Å²) in [6.45, 7) is 1.57. The minimum Gasteiger partial charge on any atom is -0.467 e. The molecule has 0 unspecified atom stereocenters. The molecule has 0 atom stereocenters. The summed E-state index contributed by atoms with van der Waals surface area (Å²) in [6.07, 6.45) is 2.76. The number of amides is 1. The van der Waals surface area contributed by atoms with Crippen molar-refractivity contribution in [1.82, 2.24) is 9.62 Å². The second-order valence-corrected chi connectivity index (χ2v) is 9.81. The Morgan fingerprint density at radius 3 is 2.45 bits per heavy atom. The van der Waals surface area contributed by atoms with Gasteiger partial charge in [0.1, 0.15) is 11.6 Å². The Labute approximate surface area is 192 Å². The van der Waals surface area contributed by atoms with Crippen molar-refractivity contribution in [3.8, 4) is 0 Å². The number of carbonyl (C=O) groups excluding carboxylic acids is 1. The second kappa shape index (κ2) is 9.76. The molecule has 1 aromatic heterocycles. The third-order valence-electron chi connectivity index (χ3n) is 5.74. The molecule has 0 bridgehead atoms. The van der Waals surface area contributed by atoms with Gasteiger partial charge in [0.2, 0.25) is 10.0 Å². The van der Waals surface area contributed by atoms with Gasteiger partial charge in [-0.05, 0) is 61.4 Å². The fourth-order valence-corrected chi connectivity index (χ4v) is 5.29. The number of furan rings is 1. The average Bonchev–Trinajstić information content (AvgIpc) is 3.32. The van der Waals surface area contributed by atoms with E-state index < -0.39 is 15.8 Å². The molecule has 33 heavy (non-hydrogen) atoms. The van der Waals surface area contributed by atoms with Crippen molar-refractivity contribution in [2.75, 3.05) is 25.0 Å². The van der Waals surface area contributed by atoms with Crippen molar-refractivity contribution in [3.05, 3.63) is 84.1 Å². The van der Waals surface area contributed by atoms with Crippen LogP contribution in [0.15, 0.2) is 76.2 Å². The standard InChI is InChI=1S/C24H26FN3O4S/c1-27(17-20-5-4-16-32-20)24(29)22-6-2-3-7-23(22)28-14-12-19(13-15-28)26-33(30,31)21-10-8-18(25)9-11-21/h2-11,16,19,26H,12-15,17H2,1H3. The Hall–Kier alpha value is -3.17. The highest BCUT2D eigenvalue weighted by molar-refractivity contribution is 7.89. The maximum atomic E-state index is 13.1. The van der Waals surface area contributed by atoms with E-state index in [0.717, 1.165) is 17.8 Å². The molecule has 9 heteroatoms. The van der Waals surface area contributed by atoms with Crippen LogP contribution in [0.5, 0.6) is 0 Å². The van der Waals surface area contributed by atoms with E-state index in [4.69, 9.17) is 4.42 Å². The van der Waals surface area contributed by atoms with Crippen molar-refractivity contribution in [2.24, 2.45) is 0 Å². The van der Waals surface area contributed by atoms with Crippen LogP contribution in [-0.2, 0) is 16.6 Å². The Kier molecular flexibility index (Phi) is 6.80. The van der Waals surface area contributed by atoms with Gasteiger partial charge in [-0.25, -0.2) is 17.5 Å². The number of hydrogen-bond acceptors (Lipinski definition) is 5. The van der Waals surface area contributed by atoms with Crippen molar-refractivity contribution in [2.45, 2.75) is 30.3 Å². The summed E-state index contributed by atoms with van der Waals surface area (Å²) in [6, 6.07) is 15.6. The molecule has 7 nitrogen and oxygen atoms in total. The molecule has 1 aliphatic heterocycles. The van der Waals surface area contributed by atoms with Crippen LogP contribution in [0.2, 0.25) is 0 Å². The number of halogens is 1. The predicted octanol–water partition coefficient (Wildman–Crippen LogP) is 3.64. The van der Waals surface area contributed by atoms with Crippen LogP contribution >= 0.6 is 0 Å². The zero-order chi connectivity index (χ0) is 23.4. The normalized spacial score (nSPS) is 14.9. The van der Waals surface area contributed by atoms with Crippen molar-refractivity contribution in [3.63, 3.8) is 0 Å². The molecule has 0 aliphatic carbocycles. The minimum atomic E-state index is -3.72. The minimum absolute atomic E-state index is 0.0434. The number of rotatable bonds is 7. The third-order valence-corrected chi connectivity index (χ3v) is 7.27. The number of benzene rings is 2. The van der Waals surface area contributed by atoms with E-state index >= 15 is 0 Å². The number of nitrogens with one attached hydrogen (secondary N) is 1. The summed E-state index contributed by atoms with van der Waals surface area (Å²) in [5.74, 6) is 0.115. The number of piperidine rings is 1. The molecule has 3 aromatic rings. The summed E-state index contributed by atoms with van der Waals surface area (Å²) < 4.78 is 46.4. The molecule has 0 saturated carbocycles. The van der Waals surface area contributed by atoms with Crippen LogP contribution in [0, 0.1) is 5.82 Å². The number of nitrogens with zero attached hydrogens (tertiary/aromatic N) is 2. The number of hydrogen-bond donors (Lipinski definition) is 1. The molecule has 174 valence electrons. The Morgan fingerprint density at radius 2 is 1.79 bits per heavy atom. The third kappa shape index (κ3) is 5.43. The highest BCUT2D eigenvalue weighted by Crippen LogP contribution is 2.26. The van der Waals surface area contributed by atoms with Crippen LogP contribution in [-0.4, -0.2) is 45.4 Å². The summed E-state index contributed by atoms with van der Waals surface area (Å²) >= 11 is 0. The van der Waals surface area contributed by atoms with Crippen molar-refractivity contribution < 1.29 is 22.0 Å². The molecule has 1 saturated heterocycles. The lowest BCUT2D eigenvalue weighted by molar-refractivity contribution is 0.0776. The number of carbonyl (C=O) groups is 1. The largest absolute Gasteiger partial charge is 0.467 e. The van der Waals surface area contributed by atoms with E-state index in [-0.39, 0.29) is 16.8 Å². The Bertz CT molecular complexity index is 1190. The molecule has 2 aromatic carbocycles. The van der Waals surface area contributed by atoms with Gasteiger partial charge >= 0.3 is 0 Å². The topological polar surface area (TPSA) is 82.9 Å². The second-order valence-electron chi connectivity index (χ2n) is 8.09. The van der Waals surface area contributed by atoms with Crippen LogP contribution in [0.1, 0.15) is 29.0 Å². The molecular formula is C24H26FN3O4S. The van der Waals surface area contributed by atoms with E-state index in [2.05, 4.69) is 9.62 Å². The molecule has 1 fully saturated rings. The van der Waals surface area contributed by atoms with Crippen LogP contribution < -0.4 is 9.62 Å². The van der Waals surface area contributed by atoms with Crippen LogP contribution in [0.3, 0.4) is 0 Å². The van der Waals surface area contributed by atoms with Gasteiger partial charge in [-0.2, -0.15) is 0 Å². The van der Waals surface area contributed by atoms with Gasteiger partial charge < -0.3 is 14.2 Å². The van der Waals surface area contributed by atoms with E-state index in [0.29, 0.717) is 43.8 Å². The zero-order valence-corrected chi connectivity index (χ0v) is 19.1. The molecule has 0 radical (unpaired) electrons. The van der Waals surface area contributed by atoms with Gasteiger partial charge in [0.25, 0.3) is 5.91 Å². The van der Waals surface area contributed by atoms with Gasteiger partial charge in [-0.1, -0.05) is 12.1 Å². The maximum Gasteiger partial charge on any atom is 0.256 e. The zero-order valence-electron chi connectivity index (χ0n) is 18.3. The lowest BCUT2D eigenvalue weighted by atomic mass is 10.0. The Balaban J connectivity index is 1.41. The summed E-state index contributed by atoms with van der Waals surface area (Å²) in [5, 5.41) is 0. The number of anilines is 1. The van der Waals surface area contributed by atoms with E-state index in [1.54, 1.807) is 30.3 Å². The van der Waals surface area contributed by atoms with Gasteiger partial charge in [0, 0.05) is 31.9 Å². The predicted molar refractivity (Wildman–Crippen MR) is 123 cm³/mol. The molecule has 0 spiro atoms.